The summed E-state index contributed by atoms with van der Waals surface area (Å²) in [6.45, 7) is 0.321. The monoisotopic (exact) mass is 356 g/mol. The van der Waals surface area contributed by atoms with Crippen molar-refractivity contribution in [3.05, 3.63) is 32.8 Å². The van der Waals surface area contributed by atoms with Crippen molar-refractivity contribution < 1.29 is 14.4 Å². The molecule has 1 fully saturated rings. The van der Waals surface area contributed by atoms with E-state index < -0.39 is 11.9 Å². The molecule has 1 atom stereocenters. The molecule has 1 saturated heterocycles. The first-order valence-corrected chi connectivity index (χ1v) is 7.27. The second-order valence-electron chi connectivity index (χ2n) is 4.79. The number of amides is 3. The summed E-state index contributed by atoms with van der Waals surface area (Å²) in [6.07, 6.45) is 0.605. The average molecular weight is 358 g/mol. The number of fused-ring (bicyclic) bond motifs is 1. The van der Waals surface area contributed by atoms with Crippen LogP contribution in [0.3, 0.4) is 0 Å². The highest BCUT2D eigenvalue weighted by Crippen LogP contribution is 2.36. The molecule has 1 aromatic carbocycles. The van der Waals surface area contributed by atoms with Gasteiger partial charge in [-0.15, -0.1) is 0 Å². The summed E-state index contributed by atoms with van der Waals surface area (Å²) in [7, 11) is 0. The number of hydrogen-bond acceptors (Lipinski definition) is 3. The molecular formula is C13H10BrClN2O3. The van der Waals surface area contributed by atoms with Gasteiger partial charge < -0.3 is 4.90 Å². The van der Waals surface area contributed by atoms with Crippen LogP contribution in [0.25, 0.3) is 0 Å². The van der Waals surface area contributed by atoms with Crippen molar-refractivity contribution in [2.24, 2.45) is 0 Å². The number of benzene rings is 1. The Morgan fingerprint density at radius 3 is 2.75 bits per heavy atom. The van der Waals surface area contributed by atoms with E-state index in [0.717, 1.165) is 5.56 Å². The van der Waals surface area contributed by atoms with Gasteiger partial charge in [-0.1, -0.05) is 11.6 Å². The Balaban J connectivity index is 1.92. The van der Waals surface area contributed by atoms with Crippen LogP contribution < -0.4 is 5.32 Å². The van der Waals surface area contributed by atoms with E-state index >= 15 is 0 Å². The van der Waals surface area contributed by atoms with Crippen molar-refractivity contribution in [3.63, 3.8) is 0 Å². The molecule has 2 heterocycles. The molecule has 104 valence electrons. The van der Waals surface area contributed by atoms with Gasteiger partial charge in [0.2, 0.25) is 11.8 Å². The zero-order valence-corrected chi connectivity index (χ0v) is 12.6. The van der Waals surface area contributed by atoms with Gasteiger partial charge in [-0.25, -0.2) is 0 Å². The predicted octanol–water partition coefficient (Wildman–Crippen LogP) is 1.86. The second kappa shape index (κ2) is 4.86. The third-order valence-corrected chi connectivity index (χ3v) is 5.05. The van der Waals surface area contributed by atoms with E-state index in [9.17, 15) is 14.4 Å². The fourth-order valence-corrected chi connectivity index (χ4v) is 3.22. The standard InChI is InChI=1S/C13H10BrClN2O3/c14-11-7-5-17(9-3-4-10(18)16-12(9)19)13(20)6(7)1-2-8(11)15/h1-2,9H,3-5H2,(H,16,18,19). The van der Waals surface area contributed by atoms with Crippen LogP contribution >= 0.6 is 27.5 Å². The minimum absolute atomic E-state index is 0.202. The van der Waals surface area contributed by atoms with Crippen LogP contribution in [0.1, 0.15) is 28.8 Å². The largest absolute Gasteiger partial charge is 0.322 e. The van der Waals surface area contributed by atoms with Crippen LogP contribution in [-0.2, 0) is 16.1 Å². The van der Waals surface area contributed by atoms with Crippen LogP contribution in [0, 0.1) is 0 Å². The van der Waals surface area contributed by atoms with Gasteiger partial charge in [-0.3, -0.25) is 19.7 Å². The number of carbonyl (C=O) groups is 3. The number of nitrogens with zero attached hydrogens (tertiary/aromatic N) is 1. The lowest BCUT2D eigenvalue weighted by Gasteiger charge is -2.29. The van der Waals surface area contributed by atoms with Crippen molar-refractivity contribution in [3.8, 4) is 0 Å². The molecule has 1 unspecified atom stereocenters. The van der Waals surface area contributed by atoms with E-state index in [1.165, 1.54) is 4.90 Å². The maximum atomic E-state index is 12.4. The number of carbonyl (C=O) groups excluding carboxylic acids is 3. The fourth-order valence-electron chi connectivity index (χ4n) is 2.58. The van der Waals surface area contributed by atoms with Crippen LogP contribution in [0.2, 0.25) is 5.02 Å². The van der Waals surface area contributed by atoms with Gasteiger partial charge in [0.25, 0.3) is 5.91 Å². The molecule has 3 rings (SSSR count). The quantitative estimate of drug-likeness (QED) is 0.780. The Hall–Kier alpha value is -1.40. The fraction of sp³-hybridized carbons (Fsp3) is 0.308. The predicted molar refractivity (Wildman–Crippen MR) is 75.2 cm³/mol. The van der Waals surface area contributed by atoms with Gasteiger partial charge in [-0.2, -0.15) is 0 Å². The van der Waals surface area contributed by atoms with Crippen LogP contribution in [0.5, 0.6) is 0 Å². The molecule has 0 aromatic heterocycles. The lowest BCUT2D eigenvalue weighted by atomic mass is 10.0. The number of imide groups is 1. The van der Waals surface area contributed by atoms with Crippen LogP contribution in [0.4, 0.5) is 0 Å². The first-order valence-electron chi connectivity index (χ1n) is 6.10. The molecule has 2 aliphatic heterocycles. The van der Waals surface area contributed by atoms with Gasteiger partial charge in [0, 0.05) is 23.0 Å². The molecule has 0 radical (unpaired) electrons. The third kappa shape index (κ3) is 2.03. The Morgan fingerprint density at radius 2 is 2.05 bits per heavy atom. The van der Waals surface area contributed by atoms with Crippen molar-refractivity contribution >= 4 is 45.3 Å². The van der Waals surface area contributed by atoms with Crippen molar-refractivity contribution in [2.75, 3.05) is 0 Å². The molecule has 1 N–H and O–H groups in total. The maximum absolute atomic E-state index is 12.4. The zero-order valence-electron chi connectivity index (χ0n) is 10.3. The number of piperidine rings is 1. The molecule has 1 aromatic rings. The van der Waals surface area contributed by atoms with Gasteiger partial charge in [0.05, 0.1) is 5.02 Å². The molecule has 2 aliphatic rings. The van der Waals surface area contributed by atoms with Crippen molar-refractivity contribution in [1.82, 2.24) is 10.2 Å². The number of hydrogen-bond donors (Lipinski definition) is 1. The van der Waals surface area contributed by atoms with Crippen molar-refractivity contribution in [2.45, 2.75) is 25.4 Å². The molecule has 0 aliphatic carbocycles. The average Bonchev–Trinajstić information content (AvgIpc) is 2.72. The zero-order chi connectivity index (χ0) is 14.4. The smallest absolute Gasteiger partial charge is 0.255 e. The summed E-state index contributed by atoms with van der Waals surface area (Å²) in [5, 5.41) is 2.80. The highest BCUT2D eigenvalue weighted by molar-refractivity contribution is 9.10. The minimum Gasteiger partial charge on any atom is -0.322 e. The van der Waals surface area contributed by atoms with E-state index in [2.05, 4.69) is 21.2 Å². The lowest BCUT2D eigenvalue weighted by molar-refractivity contribution is -0.136. The molecule has 7 heteroatoms. The lowest BCUT2D eigenvalue weighted by Crippen LogP contribution is -2.52. The molecule has 0 spiro atoms. The Bertz CT molecular complexity index is 647. The number of halogens is 2. The number of nitrogens with one attached hydrogen (secondary N) is 1. The van der Waals surface area contributed by atoms with E-state index in [1.807, 2.05) is 0 Å². The number of rotatable bonds is 1. The van der Waals surface area contributed by atoms with Gasteiger partial charge in [0.1, 0.15) is 6.04 Å². The van der Waals surface area contributed by atoms with Gasteiger partial charge in [-0.05, 0) is 40.0 Å². The topological polar surface area (TPSA) is 66.5 Å². The first-order chi connectivity index (χ1) is 9.49. The Morgan fingerprint density at radius 1 is 1.30 bits per heavy atom. The summed E-state index contributed by atoms with van der Waals surface area (Å²) < 4.78 is 0.680. The van der Waals surface area contributed by atoms with E-state index in [4.69, 9.17) is 11.6 Å². The Labute approximate surface area is 128 Å². The molecule has 0 bridgehead atoms. The maximum Gasteiger partial charge on any atom is 0.255 e. The first kappa shape index (κ1) is 13.6. The summed E-state index contributed by atoms with van der Waals surface area (Å²) in [5.74, 6) is -0.906. The Kier molecular flexibility index (Phi) is 3.30. The minimum atomic E-state index is -0.599. The van der Waals surface area contributed by atoms with Gasteiger partial charge >= 0.3 is 0 Å². The summed E-state index contributed by atoms with van der Waals surface area (Å²) in [5.41, 5.74) is 1.33. The SMILES string of the molecule is O=C1CCC(N2Cc3c(ccc(Cl)c3Br)C2=O)C(=O)N1. The van der Waals surface area contributed by atoms with E-state index in [0.29, 0.717) is 28.0 Å². The molecule has 3 amide bonds. The highest BCUT2D eigenvalue weighted by Gasteiger charge is 2.39. The highest BCUT2D eigenvalue weighted by atomic mass is 79.9. The molecule has 5 nitrogen and oxygen atoms in total. The molecular weight excluding hydrogens is 348 g/mol. The second-order valence-corrected chi connectivity index (χ2v) is 5.99. The molecule has 0 saturated carbocycles. The molecule has 20 heavy (non-hydrogen) atoms. The van der Waals surface area contributed by atoms with Crippen LogP contribution in [-0.4, -0.2) is 28.7 Å². The normalized spacial score (nSPS) is 22.0. The van der Waals surface area contributed by atoms with Crippen LogP contribution in [0.15, 0.2) is 16.6 Å². The summed E-state index contributed by atoms with van der Waals surface area (Å²) in [6, 6.07) is 2.71. The van der Waals surface area contributed by atoms with Gasteiger partial charge in [0.15, 0.2) is 0 Å². The van der Waals surface area contributed by atoms with E-state index in [1.54, 1.807) is 12.1 Å². The third-order valence-electron chi connectivity index (χ3n) is 3.60. The van der Waals surface area contributed by atoms with E-state index in [-0.39, 0.29) is 18.2 Å². The summed E-state index contributed by atoms with van der Waals surface area (Å²) in [4.78, 5) is 36.9. The summed E-state index contributed by atoms with van der Waals surface area (Å²) >= 11 is 9.39. The van der Waals surface area contributed by atoms with Crippen molar-refractivity contribution in [1.29, 1.82) is 0 Å².